The fourth-order valence-corrected chi connectivity index (χ4v) is 3.09. The Morgan fingerprint density at radius 3 is 2.80 bits per heavy atom. The number of carbonyl (C=O) groups is 1. The maximum atomic E-state index is 13.9. The number of aromatic nitrogens is 5. The molecule has 0 atom stereocenters. The Morgan fingerprint density at radius 1 is 1.23 bits per heavy atom. The Kier molecular flexibility index (Phi) is 6.95. The van der Waals surface area contributed by atoms with Gasteiger partial charge in [-0.25, -0.2) is 14.4 Å². The molecule has 0 fully saturated rings. The summed E-state index contributed by atoms with van der Waals surface area (Å²) in [4.78, 5) is 12.7. The van der Waals surface area contributed by atoms with Gasteiger partial charge in [0.05, 0.1) is 18.5 Å². The number of benzene rings is 2. The molecule has 0 bridgehead atoms. The van der Waals surface area contributed by atoms with Crippen molar-refractivity contribution >= 4 is 17.9 Å². The quantitative estimate of drug-likeness (QED) is 0.271. The van der Waals surface area contributed by atoms with Crippen molar-refractivity contribution in [2.24, 2.45) is 5.10 Å². The average molecular weight is 480 g/mol. The molecule has 180 valence electrons. The summed E-state index contributed by atoms with van der Waals surface area (Å²) in [5, 5.41) is 18.8. The third-order valence-electron chi connectivity index (χ3n) is 4.74. The van der Waals surface area contributed by atoms with Crippen LogP contribution in [-0.2, 0) is 6.61 Å². The van der Waals surface area contributed by atoms with Crippen LogP contribution in [0.1, 0.15) is 34.2 Å². The Bertz CT molecular complexity index is 1370. The zero-order valence-electron chi connectivity index (χ0n) is 18.8. The standard InChI is InChI=1S/C22H21FN8O4/c1-3-33-18-10-14(8-9-17(18)34-12-15-6-4-5-7-16(15)23)11-25-27-22(32)19-13(2)26-30-31(19)21-20(24)28-35-29-21/h4-11H,3,12H2,1-2H3,(H2,24,28)(H,27,32). The van der Waals surface area contributed by atoms with Crippen LogP contribution < -0.4 is 20.6 Å². The topological polar surface area (TPSA) is 156 Å². The summed E-state index contributed by atoms with van der Waals surface area (Å²) in [6.07, 6.45) is 1.43. The van der Waals surface area contributed by atoms with E-state index in [0.29, 0.717) is 34.9 Å². The van der Waals surface area contributed by atoms with Gasteiger partial charge in [-0.05, 0) is 54.0 Å². The Balaban J connectivity index is 1.46. The zero-order chi connectivity index (χ0) is 24.8. The second-order valence-electron chi connectivity index (χ2n) is 7.13. The number of rotatable bonds is 9. The molecule has 0 radical (unpaired) electrons. The normalized spacial score (nSPS) is 11.1. The molecule has 0 saturated heterocycles. The van der Waals surface area contributed by atoms with Crippen LogP contribution in [0.2, 0.25) is 0 Å². The van der Waals surface area contributed by atoms with Crippen molar-refractivity contribution in [1.29, 1.82) is 0 Å². The summed E-state index contributed by atoms with van der Waals surface area (Å²) in [5.74, 6) is -0.0625. The number of ether oxygens (including phenoxy) is 2. The first kappa shape index (κ1) is 23.4. The molecule has 2 heterocycles. The van der Waals surface area contributed by atoms with Gasteiger partial charge in [-0.3, -0.25) is 4.79 Å². The van der Waals surface area contributed by atoms with E-state index < -0.39 is 5.91 Å². The van der Waals surface area contributed by atoms with Crippen LogP contribution >= 0.6 is 0 Å². The lowest BCUT2D eigenvalue weighted by Crippen LogP contribution is -2.22. The maximum absolute atomic E-state index is 13.9. The predicted molar refractivity (Wildman–Crippen MR) is 122 cm³/mol. The largest absolute Gasteiger partial charge is 0.490 e. The Labute approximate surface area is 198 Å². The van der Waals surface area contributed by atoms with Crippen molar-refractivity contribution in [2.45, 2.75) is 20.5 Å². The van der Waals surface area contributed by atoms with Gasteiger partial charge >= 0.3 is 0 Å². The molecule has 2 aromatic carbocycles. The smallest absolute Gasteiger partial charge is 0.292 e. The highest BCUT2D eigenvalue weighted by Gasteiger charge is 2.22. The molecule has 1 amide bonds. The van der Waals surface area contributed by atoms with Crippen LogP contribution in [0.15, 0.2) is 52.2 Å². The summed E-state index contributed by atoms with van der Waals surface area (Å²) in [5.41, 5.74) is 9.54. The first-order valence-corrected chi connectivity index (χ1v) is 10.4. The molecule has 0 saturated carbocycles. The van der Waals surface area contributed by atoms with E-state index in [9.17, 15) is 9.18 Å². The van der Waals surface area contributed by atoms with E-state index in [1.807, 2.05) is 6.92 Å². The van der Waals surface area contributed by atoms with E-state index in [-0.39, 0.29) is 29.8 Å². The summed E-state index contributed by atoms with van der Waals surface area (Å²) in [6, 6.07) is 11.5. The van der Waals surface area contributed by atoms with Gasteiger partial charge in [-0.1, -0.05) is 23.4 Å². The molecule has 13 heteroatoms. The Morgan fingerprint density at radius 2 is 2.06 bits per heavy atom. The molecule has 35 heavy (non-hydrogen) atoms. The van der Waals surface area contributed by atoms with Gasteiger partial charge in [0.2, 0.25) is 11.6 Å². The Hall–Kier alpha value is -4.81. The summed E-state index contributed by atoms with van der Waals surface area (Å²) < 4.78 is 30.9. The van der Waals surface area contributed by atoms with Crippen LogP contribution in [0.3, 0.4) is 0 Å². The third kappa shape index (κ3) is 5.24. The summed E-state index contributed by atoms with van der Waals surface area (Å²) >= 11 is 0. The predicted octanol–water partition coefficient (Wildman–Crippen LogP) is 2.42. The number of hydrogen-bond donors (Lipinski definition) is 2. The molecule has 4 aromatic rings. The van der Waals surface area contributed by atoms with E-state index >= 15 is 0 Å². The minimum absolute atomic E-state index is 0.0343. The highest BCUT2D eigenvalue weighted by Crippen LogP contribution is 2.29. The fourth-order valence-electron chi connectivity index (χ4n) is 3.09. The highest BCUT2D eigenvalue weighted by atomic mass is 19.1. The number of aryl methyl sites for hydroxylation is 1. The number of nitrogens with two attached hydrogens (primary N) is 1. The van der Waals surface area contributed by atoms with Gasteiger partial charge in [-0.2, -0.15) is 9.78 Å². The third-order valence-corrected chi connectivity index (χ3v) is 4.74. The lowest BCUT2D eigenvalue weighted by atomic mass is 10.2. The van der Waals surface area contributed by atoms with Gasteiger partial charge < -0.3 is 15.2 Å². The van der Waals surface area contributed by atoms with Crippen molar-refractivity contribution in [3.8, 4) is 17.3 Å². The molecule has 0 aliphatic rings. The number of carbonyl (C=O) groups excluding carboxylic acids is 1. The number of hydrazone groups is 1. The van der Waals surface area contributed by atoms with E-state index in [2.05, 4.69) is 35.8 Å². The van der Waals surface area contributed by atoms with Crippen LogP contribution in [-0.4, -0.2) is 44.0 Å². The summed E-state index contributed by atoms with van der Waals surface area (Å²) in [6.45, 7) is 3.87. The monoisotopic (exact) mass is 480 g/mol. The van der Waals surface area contributed by atoms with Gasteiger partial charge in [0, 0.05) is 5.56 Å². The minimum Gasteiger partial charge on any atom is -0.490 e. The lowest BCUT2D eigenvalue weighted by Gasteiger charge is -2.13. The molecule has 0 spiro atoms. The number of amides is 1. The number of halogens is 1. The van der Waals surface area contributed by atoms with Gasteiger partial charge in [0.15, 0.2) is 17.2 Å². The molecule has 0 aliphatic carbocycles. The van der Waals surface area contributed by atoms with Crippen molar-refractivity contribution in [3.63, 3.8) is 0 Å². The first-order chi connectivity index (χ1) is 17.0. The van der Waals surface area contributed by atoms with E-state index in [1.54, 1.807) is 43.3 Å². The number of nitrogen functional groups attached to an aromatic ring is 1. The molecule has 4 rings (SSSR count). The average Bonchev–Trinajstić information content (AvgIpc) is 3.44. The maximum Gasteiger partial charge on any atom is 0.292 e. The molecule has 3 N–H and O–H groups in total. The van der Waals surface area contributed by atoms with E-state index in [0.717, 1.165) is 4.68 Å². The van der Waals surface area contributed by atoms with Crippen molar-refractivity contribution in [2.75, 3.05) is 12.3 Å². The van der Waals surface area contributed by atoms with Crippen molar-refractivity contribution < 1.29 is 23.3 Å². The SMILES string of the molecule is CCOc1cc(C=NNC(=O)c2c(C)nnn2-c2nonc2N)ccc1OCc1ccccc1F. The highest BCUT2D eigenvalue weighted by molar-refractivity contribution is 5.94. The lowest BCUT2D eigenvalue weighted by molar-refractivity contribution is 0.0946. The number of hydrogen-bond acceptors (Lipinski definition) is 10. The van der Waals surface area contributed by atoms with Crippen LogP contribution in [0, 0.1) is 12.7 Å². The van der Waals surface area contributed by atoms with Crippen LogP contribution in [0.25, 0.3) is 5.82 Å². The number of nitrogens with zero attached hydrogens (tertiary/aromatic N) is 6. The van der Waals surface area contributed by atoms with Crippen molar-refractivity contribution in [3.05, 3.63) is 70.8 Å². The molecular formula is C22H21FN8O4. The van der Waals surface area contributed by atoms with Crippen molar-refractivity contribution in [1.82, 2.24) is 30.7 Å². The number of nitrogens with one attached hydrogen (secondary N) is 1. The molecule has 0 unspecified atom stereocenters. The molecule has 12 nitrogen and oxygen atoms in total. The van der Waals surface area contributed by atoms with Gasteiger partial charge in [-0.15, -0.1) is 5.10 Å². The van der Waals surface area contributed by atoms with Gasteiger partial charge in [0.1, 0.15) is 12.4 Å². The van der Waals surface area contributed by atoms with E-state index in [4.69, 9.17) is 15.2 Å². The molecular weight excluding hydrogens is 459 g/mol. The molecule has 2 aromatic heterocycles. The minimum atomic E-state index is -0.596. The summed E-state index contributed by atoms with van der Waals surface area (Å²) in [7, 11) is 0. The molecule has 0 aliphatic heterocycles. The second kappa shape index (κ2) is 10.4. The second-order valence-corrected chi connectivity index (χ2v) is 7.13. The van der Waals surface area contributed by atoms with Crippen LogP contribution in [0.4, 0.5) is 10.2 Å². The van der Waals surface area contributed by atoms with Gasteiger partial charge in [0.25, 0.3) is 5.91 Å². The van der Waals surface area contributed by atoms with Crippen LogP contribution in [0.5, 0.6) is 11.5 Å². The van der Waals surface area contributed by atoms with E-state index in [1.165, 1.54) is 12.3 Å². The fraction of sp³-hybridized carbons (Fsp3) is 0.182. The zero-order valence-corrected chi connectivity index (χ0v) is 18.8. The number of anilines is 1. The first-order valence-electron chi connectivity index (χ1n) is 10.4.